The van der Waals surface area contributed by atoms with Gasteiger partial charge in [-0.1, -0.05) is 49.1 Å². The second-order valence-corrected chi connectivity index (χ2v) is 6.87. The third kappa shape index (κ3) is 3.96. The van der Waals surface area contributed by atoms with Crippen molar-refractivity contribution in [2.75, 3.05) is 7.05 Å². The zero-order chi connectivity index (χ0) is 15.6. The second-order valence-electron chi connectivity index (χ2n) is 6.05. The Hall–Kier alpha value is -1.10. The monoisotopic (exact) mass is 327 g/mol. The minimum Gasteiger partial charge on any atom is -0.339 e. The molecule has 0 bridgehead atoms. The molecule has 114 valence electrons. The summed E-state index contributed by atoms with van der Waals surface area (Å²) in [6.45, 7) is 6.51. The minimum absolute atomic E-state index is 0.104. The summed E-state index contributed by atoms with van der Waals surface area (Å²) in [4.78, 5) is 4.43. The van der Waals surface area contributed by atoms with Crippen molar-refractivity contribution in [1.82, 2.24) is 15.5 Å². The van der Waals surface area contributed by atoms with Gasteiger partial charge in [0.05, 0.1) is 10.0 Å². The normalized spacial score (nSPS) is 13.4. The Labute approximate surface area is 134 Å². The third-order valence-corrected chi connectivity index (χ3v) is 4.16. The van der Waals surface area contributed by atoms with E-state index in [2.05, 4.69) is 36.2 Å². The van der Waals surface area contributed by atoms with Crippen molar-refractivity contribution in [3.8, 4) is 11.4 Å². The van der Waals surface area contributed by atoms with Crippen molar-refractivity contribution >= 4 is 23.2 Å². The van der Waals surface area contributed by atoms with E-state index in [9.17, 15) is 0 Å². The molecular weight excluding hydrogens is 309 g/mol. The van der Waals surface area contributed by atoms with E-state index < -0.39 is 0 Å². The maximum absolute atomic E-state index is 6.01. The van der Waals surface area contributed by atoms with E-state index in [1.54, 1.807) is 12.1 Å². The molecule has 0 saturated carbocycles. The van der Waals surface area contributed by atoms with Gasteiger partial charge in [0.25, 0.3) is 0 Å². The molecule has 6 heteroatoms. The third-order valence-electron chi connectivity index (χ3n) is 3.42. The van der Waals surface area contributed by atoms with Crippen LogP contribution >= 0.6 is 23.2 Å². The lowest BCUT2D eigenvalue weighted by Gasteiger charge is -2.29. The second kappa shape index (κ2) is 6.34. The first-order valence-electron chi connectivity index (χ1n) is 6.76. The number of hydrogen-bond donors (Lipinski definition) is 1. The molecule has 1 unspecified atom stereocenters. The van der Waals surface area contributed by atoms with E-state index in [0.717, 1.165) is 5.56 Å². The molecule has 1 aromatic carbocycles. The fraction of sp³-hybridized carbons (Fsp3) is 0.467. The van der Waals surface area contributed by atoms with Gasteiger partial charge in [-0.25, -0.2) is 0 Å². The molecular formula is C15H19Cl2N3O. The van der Waals surface area contributed by atoms with E-state index >= 15 is 0 Å². The molecule has 21 heavy (non-hydrogen) atoms. The number of nitrogens with zero attached hydrogens (tertiary/aromatic N) is 2. The molecule has 0 spiro atoms. The van der Waals surface area contributed by atoms with E-state index in [1.165, 1.54) is 0 Å². The van der Waals surface area contributed by atoms with Crippen molar-refractivity contribution in [3.05, 3.63) is 34.1 Å². The maximum Gasteiger partial charge on any atom is 0.228 e. The highest BCUT2D eigenvalue weighted by atomic mass is 35.5. The highest BCUT2D eigenvalue weighted by Crippen LogP contribution is 2.28. The number of rotatable bonds is 4. The first-order valence-corrected chi connectivity index (χ1v) is 7.52. The van der Waals surface area contributed by atoms with Gasteiger partial charge in [0, 0.05) is 18.0 Å². The summed E-state index contributed by atoms with van der Waals surface area (Å²) in [7, 11) is 1.94. The van der Waals surface area contributed by atoms with Gasteiger partial charge in [0.1, 0.15) is 0 Å². The van der Waals surface area contributed by atoms with Gasteiger partial charge in [-0.05, 0) is 30.7 Å². The zero-order valence-corrected chi connectivity index (χ0v) is 14.1. The molecule has 2 aromatic rings. The van der Waals surface area contributed by atoms with Crippen LogP contribution in [0.4, 0.5) is 0 Å². The molecule has 0 radical (unpaired) electrons. The van der Waals surface area contributed by atoms with Gasteiger partial charge in [-0.15, -0.1) is 0 Å². The van der Waals surface area contributed by atoms with Crippen molar-refractivity contribution < 1.29 is 4.52 Å². The van der Waals surface area contributed by atoms with E-state index in [0.29, 0.717) is 28.2 Å². The summed E-state index contributed by atoms with van der Waals surface area (Å²) in [5.41, 5.74) is 0.892. The van der Waals surface area contributed by atoms with Crippen molar-refractivity contribution in [3.63, 3.8) is 0 Å². The van der Waals surface area contributed by atoms with Crippen LogP contribution in [0.15, 0.2) is 22.7 Å². The molecule has 0 fully saturated rings. The number of benzene rings is 1. The van der Waals surface area contributed by atoms with Crippen LogP contribution in [0.5, 0.6) is 0 Å². The predicted molar refractivity (Wildman–Crippen MR) is 85.8 cm³/mol. The van der Waals surface area contributed by atoms with Crippen molar-refractivity contribution in [2.24, 2.45) is 5.41 Å². The Morgan fingerprint density at radius 2 is 1.95 bits per heavy atom. The molecule has 4 nitrogen and oxygen atoms in total. The standard InChI is InChI=1S/C15H19Cl2N3O/c1-15(2,3)12(18-4)8-13-19-14(20-21-13)9-5-6-10(16)11(17)7-9/h5-7,12,18H,8H2,1-4H3. The molecule has 0 aliphatic rings. The Bertz CT molecular complexity index is 620. The van der Waals surface area contributed by atoms with Gasteiger partial charge in [0.2, 0.25) is 11.7 Å². The Morgan fingerprint density at radius 1 is 1.24 bits per heavy atom. The largest absolute Gasteiger partial charge is 0.339 e. The smallest absolute Gasteiger partial charge is 0.228 e. The van der Waals surface area contributed by atoms with Crippen LogP contribution in [-0.2, 0) is 6.42 Å². The van der Waals surface area contributed by atoms with E-state index in [4.69, 9.17) is 27.7 Å². The first-order chi connectivity index (χ1) is 9.81. The van der Waals surface area contributed by atoms with Crippen LogP contribution in [0.1, 0.15) is 26.7 Å². The number of likely N-dealkylation sites (N-methyl/N-ethyl adjacent to an activating group) is 1. The molecule has 0 amide bonds. The first kappa shape index (κ1) is 16.3. The Balaban J connectivity index is 2.19. The van der Waals surface area contributed by atoms with Gasteiger partial charge < -0.3 is 9.84 Å². The molecule has 1 aromatic heterocycles. The van der Waals surface area contributed by atoms with Gasteiger partial charge in [-0.2, -0.15) is 4.98 Å². The fourth-order valence-electron chi connectivity index (χ4n) is 2.11. The summed E-state index contributed by atoms with van der Waals surface area (Å²) in [5, 5.41) is 8.28. The quantitative estimate of drug-likeness (QED) is 0.913. The minimum atomic E-state index is 0.104. The molecule has 2 rings (SSSR count). The topological polar surface area (TPSA) is 51.0 Å². The summed E-state index contributed by atoms with van der Waals surface area (Å²) >= 11 is 11.9. The molecule has 0 aliphatic heterocycles. The molecule has 0 aliphatic carbocycles. The van der Waals surface area contributed by atoms with Gasteiger partial charge in [0.15, 0.2) is 0 Å². The predicted octanol–water partition coefficient (Wildman–Crippen LogP) is 4.22. The van der Waals surface area contributed by atoms with Crippen molar-refractivity contribution in [2.45, 2.75) is 33.2 Å². The summed E-state index contributed by atoms with van der Waals surface area (Å²) in [6, 6.07) is 5.53. The van der Waals surface area contributed by atoms with E-state index in [1.807, 2.05) is 13.1 Å². The summed E-state index contributed by atoms with van der Waals surface area (Å²) < 4.78 is 5.34. The van der Waals surface area contributed by atoms with Crippen LogP contribution in [0.25, 0.3) is 11.4 Å². The van der Waals surface area contributed by atoms with Gasteiger partial charge >= 0.3 is 0 Å². The van der Waals surface area contributed by atoms with Crippen LogP contribution in [0.2, 0.25) is 10.0 Å². The fourth-order valence-corrected chi connectivity index (χ4v) is 2.40. The highest BCUT2D eigenvalue weighted by molar-refractivity contribution is 6.42. The zero-order valence-electron chi connectivity index (χ0n) is 12.6. The van der Waals surface area contributed by atoms with Crippen molar-refractivity contribution in [1.29, 1.82) is 0 Å². The van der Waals surface area contributed by atoms with E-state index in [-0.39, 0.29) is 11.5 Å². The number of hydrogen-bond acceptors (Lipinski definition) is 4. The molecule has 1 atom stereocenters. The lowest BCUT2D eigenvalue weighted by molar-refractivity contribution is 0.255. The van der Waals surface area contributed by atoms with Crippen LogP contribution in [0.3, 0.4) is 0 Å². The number of aromatic nitrogens is 2. The van der Waals surface area contributed by atoms with Crippen LogP contribution in [-0.4, -0.2) is 23.2 Å². The molecule has 1 N–H and O–H groups in total. The molecule has 0 saturated heterocycles. The summed E-state index contributed by atoms with van der Waals surface area (Å²) in [5.74, 6) is 1.12. The Morgan fingerprint density at radius 3 is 2.52 bits per heavy atom. The summed E-state index contributed by atoms with van der Waals surface area (Å²) in [6.07, 6.45) is 0.675. The highest BCUT2D eigenvalue weighted by Gasteiger charge is 2.25. The average molecular weight is 328 g/mol. The number of halogens is 2. The average Bonchev–Trinajstić information content (AvgIpc) is 2.86. The SMILES string of the molecule is CNC(Cc1nc(-c2ccc(Cl)c(Cl)c2)no1)C(C)(C)C. The lowest BCUT2D eigenvalue weighted by atomic mass is 9.85. The maximum atomic E-state index is 6.01. The molecule has 1 heterocycles. The Kier molecular flexibility index (Phi) is 4.91. The van der Waals surface area contributed by atoms with Crippen LogP contribution < -0.4 is 5.32 Å². The van der Waals surface area contributed by atoms with Gasteiger partial charge in [-0.3, -0.25) is 0 Å². The number of nitrogens with one attached hydrogen (secondary N) is 1. The lowest BCUT2D eigenvalue weighted by Crippen LogP contribution is -2.39. The van der Waals surface area contributed by atoms with Crippen LogP contribution in [0, 0.1) is 5.41 Å².